The van der Waals surface area contributed by atoms with Crippen LogP contribution in [-0.2, 0) is 35.2 Å². The minimum atomic E-state index is -0.811. The van der Waals surface area contributed by atoms with Crippen molar-refractivity contribution in [2.45, 2.75) is 46.3 Å². The molecule has 1 aliphatic heterocycles. The van der Waals surface area contributed by atoms with Gasteiger partial charge in [-0.1, -0.05) is 60.7 Å². The summed E-state index contributed by atoms with van der Waals surface area (Å²) in [5.41, 5.74) is 7.83. The molecule has 3 aromatic carbocycles. The summed E-state index contributed by atoms with van der Waals surface area (Å²) in [4.78, 5) is 52.1. The number of hydrogen-bond donors (Lipinski definition) is 2. The van der Waals surface area contributed by atoms with Crippen LogP contribution in [0.15, 0.2) is 77.8 Å². The van der Waals surface area contributed by atoms with Crippen molar-refractivity contribution in [3.63, 3.8) is 0 Å². The Morgan fingerprint density at radius 2 is 1.65 bits per heavy atom. The van der Waals surface area contributed by atoms with E-state index >= 15 is 0 Å². The number of nitrogens with zero attached hydrogens (tertiary/aromatic N) is 1. The predicted octanol–water partition coefficient (Wildman–Crippen LogP) is 4.90. The average molecular weight is 634 g/mol. The minimum Gasteiger partial charge on any atom is -0.488 e. The smallest absolute Gasteiger partial charge is 0.435 e. The van der Waals surface area contributed by atoms with Gasteiger partial charge >= 0.3 is 18.0 Å². The molecule has 0 saturated carbocycles. The maximum atomic E-state index is 14.9. The Labute approximate surface area is 265 Å². The van der Waals surface area contributed by atoms with E-state index in [-0.39, 0.29) is 37.1 Å². The highest BCUT2D eigenvalue weighted by molar-refractivity contribution is 6.03. The maximum absolute atomic E-state index is 14.9. The Hall–Kier alpha value is -5.26. The number of nitrogens with one attached hydrogen (secondary N) is 1. The molecule has 1 heterocycles. The summed E-state index contributed by atoms with van der Waals surface area (Å²) in [7, 11) is 0. The Bertz CT molecular complexity index is 1590. The molecule has 242 valence electrons. The molecule has 0 aliphatic carbocycles. The van der Waals surface area contributed by atoms with E-state index in [4.69, 9.17) is 24.7 Å². The van der Waals surface area contributed by atoms with E-state index in [0.29, 0.717) is 23.1 Å². The first-order chi connectivity index (χ1) is 21.9. The van der Waals surface area contributed by atoms with Crippen LogP contribution in [0.25, 0.3) is 11.1 Å². The van der Waals surface area contributed by atoms with Crippen LogP contribution in [0, 0.1) is 17.2 Å². The predicted molar refractivity (Wildman–Crippen MR) is 166 cm³/mol. The van der Waals surface area contributed by atoms with Gasteiger partial charge in [-0.15, -0.1) is 0 Å². The third kappa shape index (κ3) is 9.62. The lowest BCUT2D eigenvalue weighted by Gasteiger charge is -2.16. The van der Waals surface area contributed by atoms with Crippen molar-refractivity contribution >= 4 is 29.8 Å². The van der Waals surface area contributed by atoms with Crippen LogP contribution in [0.4, 0.5) is 9.18 Å². The summed E-state index contributed by atoms with van der Waals surface area (Å²) in [5, 5.41) is 2.74. The summed E-state index contributed by atoms with van der Waals surface area (Å²) in [6.45, 7) is 4.57. The summed E-state index contributed by atoms with van der Waals surface area (Å²) < 4.78 is 35.5. The van der Waals surface area contributed by atoms with Crippen LogP contribution in [-0.4, -0.2) is 49.2 Å². The fourth-order valence-electron chi connectivity index (χ4n) is 4.48. The van der Waals surface area contributed by atoms with Gasteiger partial charge in [-0.05, 0) is 56.0 Å². The Morgan fingerprint density at radius 3 is 2.33 bits per heavy atom. The molecule has 1 saturated heterocycles. The Kier molecular flexibility index (Phi) is 11.1. The zero-order chi connectivity index (χ0) is 33.3. The SMILES string of the molecule is CC(C)(C)C(=O)OCOC(=O)C[C@@H]1C[C@@H](COc2ccc(-c3ccc(C(N)=NC(=O)OCc4ccccc4)cc3)cc2F)NC1=O. The lowest BCUT2D eigenvalue weighted by molar-refractivity contribution is -0.173. The number of ether oxygens (including phenoxy) is 4. The topological polar surface area (TPSA) is 156 Å². The lowest BCUT2D eigenvalue weighted by Crippen LogP contribution is -2.31. The molecular formula is C34H36FN3O8. The number of esters is 2. The molecule has 3 aromatic rings. The molecule has 0 bridgehead atoms. The summed E-state index contributed by atoms with van der Waals surface area (Å²) in [6.07, 6.45) is -0.708. The second-order valence-electron chi connectivity index (χ2n) is 11.7. The zero-order valence-electron chi connectivity index (χ0n) is 25.8. The number of benzene rings is 3. The number of carbonyl (C=O) groups is 4. The maximum Gasteiger partial charge on any atom is 0.435 e. The van der Waals surface area contributed by atoms with E-state index in [9.17, 15) is 23.6 Å². The van der Waals surface area contributed by atoms with Crippen molar-refractivity contribution in [3.05, 3.63) is 89.7 Å². The number of halogens is 1. The molecule has 3 N–H and O–H groups in total. The van der Waals surface area contributed by atoms with Gasteiger partial charge in [0.15, 0.2) is 11.6 Å². The molecule has 11 nitrogen and oxygen atoms in total. The number of nitrogens with two attached hydrogens (primary N) is 1. The normalized spacial score (nSPS) is 16.3. The van der Waals surface area contributed by atoms with Crippen LogP contribution in [0.5, 0.6) is 5.75 Å². The number of hydrogen-bond acceptors (Lipinski definition) is 8. The average Bonchev–Trinajstić information content (AvgIpc) is 3.37. The van der Waals surface area contributed by atoms with E-state index in [2.05, 4.69) is 10.3 Å². The molecular weight excluding hydrogens is 597 g/mol. The van der Waals surface area contributed by atoms with Crippen LogP contribution >= 0.6 is 0 Å². The molecule has 46 heavy (non-hydrogen) atoms. The van der Waals surface area contributed by atoms with Crippen molar-refractivity contribution in [1.82, 2.24) is 5.32 Å². The van der Waals surface area contributed by atoms with E-state index < -0.39 is 48.0 Å². The van der Waals surface area contributed by atoms with Gasteiger partial charge in [0.2, 0.25) is 12.7 Å². The summed E-state index contributed by atoms with van der Waals surface area (Å²) in [6, 6.07) is 20.0. The highest BCUT2D eigenvalue weighted by Gasteiger charge is 2.34. The molecule has 0 aromatic heterocycles. The first-order valence-electron chi connectivity index (χ1n) is 14.6. The highest BCUT2D eigenvalue weighted by Crippen LogP contribution is 2.27. The van der Waals surface area contributed by atoms with Crippen molar-refractivity contribution in [2.24, 2.45) is 22.1 Å². The van der Waals surface area contributed by atoms with Crippen LogP contribution in [0.2, 0.25) is 0 Å². The summed E-state index contributed by atoms with van der Waals surface area (Å²) >= 11 is 0. The first-order valence-corrected chi connectivity index (χ1v) is 14.6. The standard InChI is InChI=1S/C34H36FN3O8/c1-34(2,3)32(41)46-20-45-29(39)17-25-15-26(37-31(25)40)19-43-28-14-13-24(16-27(28)35)22-9-11-23(12-10-22)30(36)38-33(42)44-18-21-7-5-4-6-8-21/h4-14,16,25-26H,15,17-20H2,1-3H3,(H,37,40)(H2,36,38,42)/t25-,26-/m0/s1. The molecule has 0 unspecified atom stereocenters. The number of amidine groups is 1. The van der Waals surface area contributed by atoms with Crippen LogP contribution in [0.1, 0.15) is 44.7 Å². The van der Waals surface area contributed by atoms with Gasteiger partial charge in [0, 0.05) is 5.56 Å². The van der Waals surface area contributed by atoms with E-state index in [1.165, 1.54) is 12.1 Å². The molecule has 4 rings (SSSR count). The number of rotatable bonds is 11. The highest BCUT2D eigenvalue weighted by atomic mass is 19.1. The minimum absolute atomic E-state index is 0.00214. The Balaban J connectivity index is 1.24. The second-order valence-corrected chi connectivity index (χ2v) is 11.7. The fourth-order valence-corrected chi connectivity index (χ4v) is 4.48. The van der Waals surface area contributed by atoms with E-state index in [0.717, 1.165) is 5.56 Å². The van der Waals surface area contributed by atoms with Gasteiger partial charge in [0.1, 0.15) is 19.0 Å². The first kappa shape index (κ1) is 33.6. The molecule has 2 amide bonds. The number of aliphatic imine (C=N–C) groups is 1. The largest absolute Gasteiger partial charge is 0.488 e. The number of amides is 2. The van der Waals surface area contributed by atoms with Crippen molar-refractivity contribution < 1.29 is 42.5 Å². The Morgan fingerprint density at radius 1 is 0.957 bits per heavy atom. The second kappa shape index (κ2) is 15.2. The third-order valence-electron chi connectivity index (χ3n) is 7.02. The lowest BCUT2D eigenvalue weighted by atomic mass is 9.98. The molecule has 0 radical (unpaired) electrons. The van der Waals surface area contributed by atoms with Crippen LogP contribution < -0.4 is 15.8 Å². The molecule has 0 spiro atoms. The molecule has 1 fully saturated rings. The van der Waals surface area contributed by atoms with Crippen molar-refractivity contribution in [3.8, 4) is 16.9 Å². The quantitative estimate of drug-likeness (QED) is 0.130. The van der Waals surface area contributed by atoms with Crippen LogP contribution in [0.3, 0.4) is 0 Å². The van der Waals surface area contributed by atoms with E-state index in [1.807, 2.05) is 30.3 Å². The third-order valence-corrected chi connectivity index (χ3v) is 7.02. The van der Waals surface area contributed by atoms with Gasteiger partial charge in [0.05, 0.1) is 23.8 Å². The van der Waals surface area contributed by atoms with Gasteiger partial charge in [-0.25, -0.2) is 9.18 Å². The number of carbonyl (C=O) groups excluding carboxylic acids is 4. The van der Waals surface area contributed by atoms with Crippen molar-refractivity contribution in [2.75, 3.05) is 13.4 Å². The molecule has 1 aliphatic rings. The molecule has 2 atom stereocenters. The van der Waals surface area contributed by atoms with Gasteiger partial charge in [-0.2, -0.15) is 4.99 Å². The molecule has 12 heteroatoms. The monoisotopic (exact) mass is 633 g/mol. The summed E-state index contributed by atoms with van der Waals surface area (Å²) in [5.74, 6) is -2.78. The van der Waals surface area contributed by atoms with E-state index in [1.54, 1.807) is 51.1 Å². The fraction of sp³-hybridized carbons (Fsp3) is 0.324. The van der Waals surface area contributed by atoms with Gasteiger partial charge < -0.3 is 30.0 Å². The van der Waals surface area contributed by atoms with Gasteiger partial charge in [-0.3, -0.25) is 14.4 Å². The zero-order valence-corrected chi connectivity index (χ0v) is 25.8. The van der Waals surface area contributed by atoms with Crippen molar-refractivity contribution in [1.29, 1.82) is 0 Å². The van der Waals surface area contributed by atoms with Gasteiger partial charge in [0.25, 0.3) is 0 Å².